The van der Waals surface area contributed by atoms with Crippen LogP contribution in [-0.4, -0.2) is 13.2 Å². The van der Waals surface area contributed by atoms with E-state index in [0.29, 0.717) is 16.9 Å². The van der Waals surface area contributed by atoms with Crippen molar-refractivity contribution in [2.24, 2.45) is 40.4 Å². The maximum Gasteiger partial charge on any atom is 0.0604 e. The first-order valence-corrected chi connectivity index (χ1v) is 9.85. The maximum absolute atomic E-state index is 6.02. The quantitative estimate of drug-likeness (QED) is 0.614. The third-order valence-corrected chi connectivity index (χ3v) is 8.66. The van der Waals surface area contributed by atoms with Gasteiger partial charge in [0.15, 0.2) is 0 Å². The lowest BCUT2D eigenvalue weighted by Gasteiger charge is -2.63. The van der Waals surface area contributed by atoms with Crippen molar-refractivity contribution >= 4 is 0 Å². The molecule has 0 amide bonds. The molecular formula is C21H38O. The second-order valence-corrected chi connectivity index (χ2v) is 9.73. The van der Waals surface area contributed by atoms with Crippen LogP contribution in [0.5, 0.6) is 0 Å². The smallest absolute Gasteiger partial charge is 0.0604 e. The molecule has 0 aromatic heterocycles. The molecule has 22 heavy (non-hydrogen) atoms. The van der Waals surface area contributed by atoms with Gasteiger partial charge < -0.3 is 4.74 Å². The van der Waals surface area contributed by atoms with E-state index >= 15 is 0 Å². The van der Waals surface area contributed by atoms with Gasteiger partial charge in [-0.05, 0) is 80.5 Å². The minimum atomic E-state index is 0.436. The minimum absolute atomic E-state index is 0.436. The van der Waals surface area contributed by atoms with Crippen molar-refractivity contribution in [1.82, 2.24) is 0 Å². The molecule has 3 rings (SSSR count). The lowest BCUT2D eigenvalue weighted by Crippen LogP contribution is -2.58. The summed E-state index contributed by atoms with van der Waals surface area (Å²) < 4.78 is 6.02. The Hall–Kier alpha value is -0.0400. The average Bonchev–Trinajstić information content (AvgIpc) is 2.49. The SMILES string of the molecule is COC(C)C12CCC(C)CC1CCC1C(C)C(C)(C)CCC12. The lowest BCUT2D eigenvalue weighted by atomic mass is 9.43. The van der Waals surface area contributed by atoms with Gasteiger partial charge in [-0.3, -0.25) is 0 Å². The number of ether oxygens (including phenoxy) is 1. The molecule has 3 saturated carbocycles. The molecule has 7 unspecified atom stereocenters. The Morgan fingerprint density at radius 1 is 1.00 bits per heavy atom. The number of fused-ring (bicyclic) bond motifs is 3. The Morgan fingerprint density at radius 2 is 1.73 bits per heavy atom. The Balaban J connectivity index is 1.95. The van der Waals surface area contributed by atoms with E-state index in [4.69, 9.17) is 4.74 Å². The molecule has 0 N–H and O–H groups in total. The summed E-state index contributed by atoms with van der Waals surface area (Å²) in [6.07, 6.45) is 10.5. The van der Waals surface area contributed by atoms with Crippen molar-refractivity contribution in [3.63, 3.8) is 0 Å². The van der Waals surface area contributed by atoms with Crippen molar-refractivity contribution in [3.05, 3.63) is 0 Å². The predicted molar refractivity (Wildman–Crippen MR) is 93.8 cm³/mol. The molecule has 0 spiro atoms. The normalized spacial score (nSPS) is 49.1. The summed E-state index contributed by atoms with van der Waals surface area (Å²) in [7, 11) is 1.95. The minimum Gasteiger partial charge on any atom is -0.381 e. The molecule has 0 saturated heterocycles. The number of methoxy groups -OCH3 is 1. The molecule has 3 aliphatic carbocycles. The van der Waals surface area contributed by atoms with Crippen molar-refractivity contribution in [2.45, 2.75) is 85.7 Å². The number of hydrogen-bond acceptors (Lipinski definition) is 1. The molecule has 3 fully saturated rings. The van der Waals surface area contributed by atoms with Crippen molar-refractivity contribution in [3.8, 4) is 0 Å². The van der Waals surface area contributed by atoms with Crippen LogP contribution in [0.15, 0.2) is 0 Å². The summed E-state index contributed by atoms with van der Waals surface area (Å²) in [5.41, 5.74) is 1.02. The summed E-state index contributed by atoms with van der Waals surface area (Å²) in [6, 6.07) is 0. The molecule has 0 heterocycles. The van der Waals surface area contributed by atoms with Gasteiger partial charge in [-0.15, -0.1) is 0 Å². The highest BCUT2D eigenvalue weighted by atomic mass is 16.5. The van der Waals surface area contributed by atoms with Gasteiger partial charge in [0.2, 0.25) is 0 Å². The van der Waals surface area contributed by atoms with E-state index in [1.165, 1.54) is 44.9 Å². The van der Waals surface area contributed by atoms with Gasteiger partial charge in [-0.25, -0.2) is 0 Å². The first-order valence-electron chi connectivity index (χ1n) is 9.85. The first kappa shape index (κ1) is 16.8. The molecule has 3 aliphatic rings. The van der Waals surface area contributed by atoms with Crippen LogP contribution in [0.1, 0.15) is 79.6 Å². The summed E-state index contributed by atoms with van der Waals surface area (Å²) in [5.74, 6) is 4.56. The predicted octanol–water partition coefficient (Wildman–Crippen LogP) is 5.93. The third-order valence-electron chi connectivity index (χ3n) is 8.66. The largest absolute Gasteiger partial charge is 0.381 e. The molecule has 0 aromatic carbocycles. The highest BCUT2D eigenvalue weighted by Crippen LogP contribution is 2.65. The van der Waals surface area contributed by atoms with E-state index in [1.807, 2.05) is 7.11 Å². The molecule has 0 aromatic rings. The zero-order chi connectivity index (χ0) is 16.1. The standard InChI is InChI=1S/C21H38O/c1-14-9-12-21(16(3)22-6)17(13-14)7-8-18-15(2)20(4,5)11-10-19(18)21/h14-19H,7-13H2,1-6H3. The molecule has 0 radical (unpaired) electrons. The Kier molecular flexibility index (Phi) is 4.43. The highest BCUT2D eigenvalue weighted by molar-refractivity contribution is 5.08. The fourth-order valence-corrected chi connectivity index (χ4v) is 6.86. The lowest BCUT2D eigenvalue weighted by molar-refractivity contribution is -0.176. The van der Waals surface area contributed by atoms with Crippen LogP contribution in [0.3, 0.4) is 0 Å². The van der Waals surface area contributed by atoms with Gasteiger partial charge >= 0.3 is 0 Å². The van der Waals surface area contributed by atoms with Crippen LogP contribution >= 0.6 is 0 Å². The van der Waals surface area contributed by atoms with E-state index in [0.717, 1.165) is 29.6 Å². The van der Waals surface area contributed by atoms with Gasteiger partial charge in [0.1, 0.15) is 0 Å². The van der Waals surface area contributed by atoms with E-state index in [2.05, 4.69) is 34.6 Å². The first-order chi connectivity index (χ1) is 10.3. The van der Waals surface area contributed by atoms with Crippen LogP contribution in [0, 0.1) is 40.4 Å². The van der Waals surface area contributed by atoms with Crippen molar-refractivity contribution in [1.29, 1.82) is 0 Å². The monoisotopic (exact) mass is 306 g/mol. The molecule has 128 valence electrons. The molecule has 1 nitrogen and oxygen atoms in total. The van der Waals surface area contributed by atoms with Crippen LogP contribution in [-0.2, 0) is 4.74 Å². The van der Waals surface area contributed by atoms with Crippen LogP contribution in [0.4, 0.5) is 0 Å². The Bertz CT molecular complexity index is 401. The second kappa shape index (κ2) is 5.80. The molecular weight excluding hydrogens is 268 g/mol. The average molecular weight is 307 g/mol. The van der Waals surface area contributed by atoms with E-state index in [9.17, 15) is 0 Å². The topological polar surface area (TPSA) is 9.23 Å². The second-order valence-electron chi connectivity index (χ2n) is 9.73. The fraction of sp³-hybridized carbons (Fsp3) is 1.00. The summed E-state index contributed by atoms with van der Waals surface area (Å²) in [4.78, 5) is 0. The van der Waals surface area contributed by atoms with Gasteiger partial charge in [-0.2, -0.15) is 0 Å². The molecule has 0 aliphatic heterocycles. The maximum atomic E-state index is 6.02. The van der Waals surface area contributed by atoms with Crippen LogP contribution in [0.2, 0.25) is 0 Å². The summed E-state index contributed by atoms with van der Waals surface area (Å²) in [6.45, 7) is 12.4. The highest BCUT2D eigenvalue weighted by Gasteiger charge is 2.59. The van der Waals surface area contributed by atoms with Crippen LogP contribution in [0.25, 0.3) is 0 Å². The third kappa shape index (κ3) is 2.38. The zero-order valence-electron chi connectivity index (χ0n) is 15.8. The Labute approximate surface area is 138 Å². The van der Waals surface area contributed by atoms with E-state index < -0.39 is 0 Å². The van der Waals surface area contributed by atoms with Gasteiger partial charge in [-0.1, -0.05) is 34.1 Å². The Morgan fingerprint density at radius 3 is 2.41 bits per heavy atom. The summed E-state index contributed by atoms with van der Waals surface area (Å²) >= 11 is 0. The zero-order valence-corrected chi connectivity index (χ0v) is 15.8. The van der Waals surface area contributed by atoms with Crippen LogP contribution < -0.4 is 0 Å². The van der Waals surface area contributed by atoms with E-state index in [1.54, 1.807) is 0 Å². The number of rotatable bonds is 2. The summed E-state index contributed by atoms with van der Waals surface area (Å²) in [5, 5.41) is 0. The number of hydrogen-bond donors (Lipinski definition) is 0. The van der Waals surface area contributed by atoms with Gasteiger partial charge in [0.05, 0.1) is 6.10 Å². The van der Waals surface area contributed by atoms with E-state index in [-0.39, 0.29) is 0 Å². The molecule has 0 bridgehead atoms. The van der Waals surface area contributed by atoms with Gasteiger partial charge in [0, 0.05) is 12.5 Å². The fourth-order valence-electron chi connectivity index (χ4n) is 6.86. The van der Waals surface area contributed by atoms with Gasteiger partial charge in [0.25, 0.3) is 0 Å². The van der Waals surface area contributed by atoms with Crippen molar-refractivity contribution < 1.29 is 4.74 Å². The molecule has 7 atom stereocenters. The van der Waals surface area contributed by atoms with Crippen molar-refractivity contribution in [2.75, 3.05) is 7.11 Å². The molecule has 1 heteroatoms.